The minimum atomic E-state index is -0.707. The van der Waals surface area contributed by atoms with Gasteiger partial charge in [0, 0.05) is 44.1 Å². The number of nitrogens with zero attached hydrogens (tertiary/aromatic N) is 6. The van der Waals surface area contributed by atoms with Crippen molar-refractivity contribution < 1.29 is 28.7 Å². The summed E-state index contributed by atoms with van der Waals surface area (Å²) in [6.07, 6.45) is -0.00165. The first-order valence-corrected chi connectivity index (χ1v) is 17.1. The number of benzene rings is 2. The summed E-state index contributed by atoms with van der Waals surface area (Å²) in [5, 5.41) is 21.0. The third kappa shape index (κ3) is 8.29. The summed E-state index contributed by atoms with van der Waals surface area (Å²) in [5.74, 6) is -1.92. The Bertz CT molecular complexity index is 2280. The molecule has 284 valence electrons. The van der Waals surface area contributed by atoms with Crippen molar-refractivity contribution in [3.8, 4) is 0 Å². The van der Waals surface area contributed by atoms with E-state index < -0.39 is 35.8 Å². The van der Waals surface area contributed by atoms with E-state index >= 15 is 0 Å². The van der Waals surface area contributed by atoms with Crippen LogP contribution in [-0.2, 0) is 33.9 Å². The number of nitrogens with one attached hydrogen (secondary N) is 4. The van der Waals surface area contributed by atoms with Gasteiger partial charge in [-0.05, 0) is 76.2 Å². The number of nitrogens with two attached hydrogens (primary N) is 2. The van der Waals surface area contributed by atoms with Crippen molar-refractivity contribution in [2.24, 2.45) is 11.5 Å². The van der Waals surface area contributed by atoms with Gasteiger partial charge in [-0.15, -0.1) is 0 Å². The Hall–Kier alpha value is -6.40. The van der Waals surface area contributed by atoms with E-state index in [4.69, 9.17) is 26.4 Å². The fourth-order valence-corrected chi connectivity index (χ4v) is 6.08. The van der Waals surface area contributed by atoms with Crippen LogP contribution in [0.15, 0.2) is 54.2 Å². The second kappa shape index (κ2) is 16.5. The predicted octanol–water partition coefficient (Wildman–Crippen LogP) is 2.56. The number of carbonyl (C=O) groups excluding carboxylic acids is 4. The lowest BCUT2D eigenvalue weighted by Crippen LogP contribution is -2.38. The smallest absolute Gasteiger partial charge is 0.276 e. The molecule has 2 aromatic carbocycles. The zero-order valence-corrected chi connectivity index (χ0v) is 30.9. The van der Waals surface area contributed by atoms with E-state index in [9.17, 15) is 19.2 Å². The van der Waals surface area contributed by atoms with Crippen LogP contribution < -0.4 is 27.4 Å². The maximum atomic E-state index is 13.6. The minimum Gasteiger partial charge on any atom is -0.381 e. The number of rotatable bonds is 17. The number of imidazole rings is 2. The Kier molecular flexibility index (Phi) is 11.9. The number of primary amides is 2. The maximum absolute atomic E-state index is 13.6. The van der Waals surface area contributed by atoms with Crippen LogP contribution in [0, 0.1) is 12.3 Å². The van der Waals surface area contributed by atoms with Crippen molar-refractivity contribution in [3.05, 3.63) is 76.8 Å². The van der Waals surface area contributed by atoms with E-state index in [1.165, 1.54) is 26.4 Å². The molecule has 0 radical (unpaired) electrons. The van der Waals surface area contributed by atoms with Gasteiger partial charge in [0.2, 0.25) is 23.7 Å². The van der Waals surface area contributed by atoms with E-state index in [2.05, 4.69) is 31.0 Å². The Morgan fingerprint density at radius 1 is 0.852 bits per heavy atom. The van der Waals surface area contributed by atoms with Crippen LogP contribution in [0.4, 0.5) is 11.9 Å². The van der Waals surface area contributed by atoms with Crippen molar-refractivity contribution in [3.63, 3.8) is 0 Å². The van der Waals surface area contributed by atoms with Gasteiger partial charge in [0.05, 0.1) is 40.9 Å². The van der Waals surface area contributed by atoms with E-state index in [1.807, 2.05) is 13.8 Å². The lowest BCUT2D eigenvalue weighted by atomic mass is 10.1. The zero-order valence-electron chi connectivity index (χ0n) is 30.9. The van der Waals surface area contributed by atoms with Crippen LogP contribution in [0.2, 0.25) is 0 Å². The molecular weight excluding hydrogens is 696 g/mol. The van der Waals surface area contributed by atoms with Gasteiger partial charge in [0.1, 0.15) is 23.6 Å². The molecule has 54 heavy (non-hydrogen) atoms. The van der Waals surface area contributed by atoms with Crippen molar-refractivity contribution in [1.82, 2.24) is 34.2 Å². The number of hydrogen-bond acceptors (Lipinski definition) is 11. The number of carbonyl (C=O) groups is 4. The number of likely N-dealkylation sites (N-methyl/N-ethyl adjacent to an activating group) is 1. The fraction of sp³-hybridized carbons (Fsp3) is 0.333. The van der Waals surface area contributed by atoms with E-state index in [-0.39, 0.29) is 47.5 Å². The zero-order chi connectivity index (χ0) is 39.3. The number of allylic oxidation sites excluding steroid dienone is 1. The number of methoxy groups -OCH3 is 2. The van der Waals surface area contributed by atoms with Crippen LogP contribution in [0.3, 0.4) is 0 Å². The number of amides is 4. The molecule has 0 saturated carbocycles. The highest BCUT2D eigenvalue weighted by Crippen LogP contribution is 2.27. The number of aromatic nitrogens is 6. The molecule has 3 heterocycles. The van der Waals surface area contributed by atoms with Gasteiger partial charge in [-0.1, -0.05) is 0 Å². The molecule has 4 amide bonds. The molecule has 0 unspecified atom stereocenters. The van der Waals surface area contributed by atoms with Crippen LogP contribution in [0.1, 0.15) is 57.7 Å². The lowest BCUT2D eigenvalue weighted by molar-refractivity contribution is -0.113. The van der Waals surface area contributed by atoms with Gasteiger partial charge in [0.15, 0.2) is 0 Å². The number of anilines is 2. The molecular formula is C36H44N12O6. The Balaban J connectivity index is 1.55. The molecule has 5 rings (SSSR count). The van der Waals surface area contributed by atoms with Crippen molar-refractivity contribution in [2.75, 3.05) is 31.4 Å². The highest BCUT2D eigenvalue weighted by molar-refractivity contribution is 6.08. The topological polar surface area (TPSA) is 252 Å². The van der Waals surface area contributed by atoms with Gasteiger partial charge >= 0.3 is 0 Å². The minimum absolute atomic E-state index is 0.0933. The van der Waals surface area contributed by atoms with Gasteiger partial charge < -0.3 is 40.8 Å². The van der Waals surface area contributed by atoms with Gasteiger partial charge in [-0.3, -0.25) is 34.5 Å². The average molecular weight is 741 g/mol. The molecule has 0 bridgehead atoms. The van der Waals surface area contributed by atoms with Gasteiger partial charge in [-0.2, -0.15) is 5.10 Å². The predicted molar refractivity (Wildman–Crippen MR) is 202 cm³/mol. The Morgan fingerprint density at radius 3 is 1.81 bits per heavy atom. The second-order valence-corrected chi connectivity index (χ2v) is 12.4. The largest absolute Gasteiger partial charge is 0.381 e. The summed E-state index contributed by atoms with van der Waals surface area (Å²) in [6, 6.07) is 11.2. The van der Waals surface area contributed by atoms with Gasteiger partial charge in [0.25, 0.3) is 11.8 Å². The third-order valence-corrected chi connectivity index (χ3v) is 8.67. The normalized spacial score (nSPS) is 12.8. The molecule has 0 saturated heterocycles. The molecule has 0 aliphatic rings. The molecule has 5 aromatic rings. The molecule has 0 spiro atoms. The molecule has 0 aliphatic carbocycles. The van der Waals surface area contributed by atoms with Crippen LogP contribution in [-0.4, -0.2) is 91.2 Å². The van der Waals surface area contributed by atoms with Gasteiger partial charge in [-0.25, -0.2) is 9.97 Å². The van der Waals surface area contributed by atoms with Crippen LogP contribution in [0.25, 0.3) is 22.1 Å². The molecule has 8 N–H and O–H groups in total. The van der Waals surface area contributed by atoms with Crippen LogP contribution in [0.5, 0.6) is 0 Å². The van der Waals surface area contributed by atoms with E-state index in [0.717, 1.165) is 0 Å². The highest BCUT2D eigenvalue weighted by atomic mass is 16.5. The first kappa shape index (κ1) is 38.8. The average Bonchev–Trinajstić information content (AvgIpc) is 3.80. The number of aryl methyl sites for hydroxylation is 2. The monoisotopic (exact) mass is 740 g/mol. The summed E-state index contributed by atoms with van der Waals surface area (Å²) in [4.78, 5) is 60.4. The quantitative estimate of drug-likeness (QED) is 0.0600. The van der Waals surface area contributed by atoms with Crippen molar-refractivity contribution >= 4 is 63.3 Å². The first-order valence-electron chi connectivity index (χ1n) is 17.1. The molecule has 18 nitrogen and oxygen atoms in total. The van der Waals surface area contributed by atoms with E-state index in [1.54, 1.807) is 64.1 Å². The Labute approximate surface area is 310 Å². The summed E-state index contributed by atoms with van der Waals surface area (Å²) in [7, 11) is 3.03. The first-order chi connectivity index (χ1) is 25.8. The third-order valence-electron chi connectivity index (χ3n) is 8.67. The standard InChI is InChI=1S/C36H44N12O6/c1-7-40-25(13-19(3)37)33(51)43-35-41-23-15-21(31(38)49)9-11-26(23)46(35)17-29(53-5)30(54-6)18-47-27-12-10-22(32(39)50)16-24(27)42-36(47)44-34(52)28-14-20(4)45-48(28)8-2/h9-16,29-30,37,40H,7-8,17-18H2,1-6H3,(H2,38,49)(H2,39,50)(H,41,43,51)(H,42,44,52)/b25-13-,37-19?/t29-,30-/m1/s1. The molecule has 18 heteroatoms. The number of hydrogen-bond donors (Lipinski definition) is 6. The highest BCUT2D eigenvalue weighted by Gasteiger charge is 2.28. The summed E-state index contributed by atoms with van der Waals surface area (Å²) < 4.78 is 17.1. The lowest BCUT2D eigenvalue weighted by Gasteiger charge is -2.27. The maximum Gasteiger partial charge on any atom is 0.276 e. The number of ether oxygens (including phenoxy) is 2. The number of fused-ring (bicyclic) bond motifs is 2. The van der Waals surface area contributed by atoms with Crippen molar-refractivity contribution in [1.29, 1.82) is 5.41 Å². The SMILES string of the molecule is CCN/C(=C\C(C)=N)C(=O)Nc1nc2cc(C(N)=O)ccc2n1C[C@@H](OC)[C@@H](Cn1c(NC(=O)c2cc(C)nn2CC)nc2cc(C(N)=O)ccc21)OC. The van der Waals surface area contributed by atoms with Crippen molar-refractivity contribution in [2.45, 2.75) is 59.5 Å². The summed E-state index contributed by atoms with van der Waals surface area (Å²) in [5.41, 5.74) is 14.9. The molecule has 0 aliphatic heterocycles. The Morgan fingerprint density at radius 2 is 1.37 bits per heavy atom. The summed E-state index contributed by atoms with van der Waals surface area (Å²) >= 11 is 0. The fourth-order valence-electron chi connectivity index (χ4n) is 6.08. The van der Waals surface area contributed by atoms with E-state index in [0.29, 0.717) is 46.5 Å². The molecule has 0 fully saturated rings. The van der Waals surface area contributed by atoms with Crippen LogP contribution >= 0.6 is 0 Å². The second-order valence-electron chi connectivity index (χ2n) is 12.4. The summed E-state index contributed by atoms with van der Waals surface area (Å²) in [6.45, 7) is 8.16. The molecule has 2 atom stereocenters. The molecule has 3 aromatic heterocycles.